The van der Waals surface area contributed by atoms with Crippen LogP contribution in [-0.4, -0.2) is 4.98 Å². The summed E-state index contributed by atoms with van der Waals surface area (Å²) in [6.45, 7) is 0. The van der Waals surface area contributed by atoms with Gasteiger partial charge in [-0.15, -0.1) is 0 Å². The highest BCUT2D eigenvalue weighted by molar-refractivity contribution is 6.30. The van der Waals surface area contributed by atoms with Crippen molar-refractivity contribution in [2.24, 2.45) is 0 Å². The predicted molar refractivity (Wildman–Crippen MR) is 55.1 cm³/mol. The third-order valence-corrected chi connectivity index (χ3v) is 2.18. The highest BCUT2D eigenvalue weighted by Gasteiger charge is 1.96. The lowest BCUT2D eigenvalue weighted by Crippen LogP contribution is -1.86. The Labute approximate surface area is 82.4 Å². The molecule has 0 radical (unpaired) electrons. The Bertz CT molecular complexity index is 379. The molecule has 1 aromatic carbocycles. The minimum atomic E-state index is 0.795. The van der Waals surface area contributed by atoms with Crippen LogP contribution in [0, 0.1) is 0 Å². The largest absolute Gasteiger partial charge is 0.365 e. The summed E-state index contributed by atoms with van der Waals surface area (Å²) in [7, 11) is 0. The summed E-state index contributed by atoms with van der Waals surface area (Å²) in [6, 6.07) is 12.0. The van der Waals surface area contributed by atoms with Gasteiger partial charge in [0.2, 0.25) is 0 Å². The molecule has 0 saturated carbocycles. The zero-order valence-corrected chi connectivity index (χ0v) is 7.88. The van der Waals surface area contributed by atoms with Crippen molar-refractivity contribution in [3.8, 4) is 0 Å². The molecule has 1 heterocycles. The second-order valence-corrected chi connectivity index (χ2v) is 3.44. The lowest BCUT2D eigenvalue weighted by molar-refractivity contribution is 1.11. The first-order chi connectivity index (χ1) is 6.34. The van der Waals surface area contributed by atoms with Gasteiger partial charge in [0.1, 0.15) is 0 Å². The lowest BCUT2D eigenvalue weighted by atomic mass is 10.1. The molecule has 0 spiro atoms. The average molecular weight is 192 g/mol. The fourth-order valence-corrected chi connectivity index (χ4v) is 1.56. The molecule has 1 aromatic heterocycles. The van der Waals surface area contributed by atoms with E-state index in [9.17, 15) is 0 Å². The van der Waals surface area contributed by atoms with Crippen molar-refractivity contribution in [1.29, 1.82) is 0 Å². The molecule has 13 heavy (non-hydrogen) atoms. The van der Waals surface area contributed by atoms with Gasteiger partial charge in [0.05, 0.1) is 0 Å². The number of hydrogen-bond acceptors (Lipinski definition) is 0. The number of hydrogen-bond donors (Lipinski definition) is 1. The van der Waals surface area contributed by atoms with Gasteiger partial charge in [-0.2, -0.15) is 0 Å². The van der Waals surface area contributed by atoms with Gasteiger partial charge in [-0.25, -0.2) is 0 Å². The SMILES string of the molecule is Clc1cccc(Cc2ccc[nH]2)c1. The van der Waals surface area contributed by atoms with E-state index in [0.29, 0.717) is 0 Å². The van der Waals surface area contributed by atoms with E-state index in [4.69, 9.17) is 11.6 Å². The molecular weight excluding hydrogens is 182 g/mol. The Morgan fingerprint density at radius 3 is 2.77 bits per heavy atom. The van der Waals surface area contributed by atoms with E-state index < -0.39 is 0 Å². The molecule has 2 heteroatoms. The van der Waals surface area contributed by atoms with Crippen LogP contribution in [0.15, 0.2) is 42.6 Å². The Kier molecular flexibility index (Phi) is 2.37. The minimum Gasteiger partial charge on any atom is -0.365 e. The van der Waals surface area contributed by atoms with Gasteiger partial charge in [0, 0.05) is 23.3 Å². The third kappa shape index (κ3) is 2.13. The van der Waals surface area contributed by atoms with Crippen molar-refractivity contribution in [3.05, 3.63) is 58.9 Å². The number of aromatic nitrogens is 1. The van der Waals surface area contributed by atoms with E-state index in [1.807, 2.05) is 30.5 Å². The smallest absolute Gasteiger partial charge is 0.0408 e. The van der Waals surface area contributed by atoms with Crippen molar-refractivity contribution < 1.29 is 0 Å². The van der Waals surface area contributed by atoms with Crippen LogP contribution in [0.1, 0.15) is 11.3 Å². The first-order valence-corrected chi connectivity index (χ1v) is 4.59. The number of benzene rings is 1. The molecular formula is C11H10ClN. The number of aromatic amines is 1. The van der Waals surface area contributed by atoms with Crippen LogP contribution in [0.2, 0.25) is 5.02 Å². The van der Waals surface area contributed by atoms with E-state index in [-0.39, 0.29) is 0 Å². The summed E-state index contributed by atoms with van der Waals surface area (Å²) >= 11 is 5.87. The van der Waals surface area contributed by atoms with Gasteiger partial charge in [0.15, 0.2) is 0 Å². The molecule has 0 fully saturated rings. The molecule has 1 N–H and O–H groups in total. The maximum absolute atomic E-state index is 5.87. The van der Waals surface area contributed by atoms with Gasteiger partial charge in [-0.3, -0.25) is 0 Å². The Morgan fingerprint density at radius 2 is 2.08 bits per heavy atom. The quantitative estimate of drug-likeness (QED) is 0.750. The maximum Gasteiger partial charge on any atom is 0.0408 e. The first kappa shape index (κ1) is 8.39. The average Bonchev–Trinajstić information content (AvgIpc) is 2.57. The lowest BCUT2D eigenvalue weighted by Gasteiger charge is -1.99. The van der Waals surface area contributed by atoms with Crippen molar-refractivity contribution in [2.45, 2.75) is 6.42 Å². The van der Waals surface area contributed by atoms with Gasteiger partial charge in [0.25, 0.3) is 0 Å². The summed E-state index contributed by atoms with van der Waals surface area (Å²) in [6.07, 6.45) is 2.84. The van der Waals surface area contributed by atoms with E-state index in [1.165, 1.54) is 11.3 Å². The molecule has 0 aliphatic rings. The fraction of sp³-hybridized carbons (Fsp3) is 0.0909. The zero-order valence-electron chi connectivity index (χ0n) is 7.13. The first-order valence-electron chi connectivity index (χ1n) is 4.21. The van der Waals surface area contributed by atoms with Crippen molar-refractivity contribution in [1.82, 2.24) is 4.98 Å². The minimum absolute atomic E-state index is 0.795. The molecule has 2 aromatic rings. The fourth-order valence-electron chi connectivity index (χ4n) is 1.34. The summed E-state index contributed by atoms with van der Waals surface area (Å²) in [4.78, 5) is 3.16. The summed E-state index contributed by atoms with van der Waals surface area (Å²) in [5, 5.41) is 0.795. The van der Waals surface area contributed by atoms with Crippen molar-refractivity contribution >= 4 is 11.6 Å². The van der Waals surface area contributed by atoms with Crippen LogP contribution in [-0.2, 0) is 6.42 Å². The normalized spacial score (nSPS) is 10.2. The number of rotatable bonds is 2. The number of halogens is 1. The van der Waals surface area contributed by atoms with E-state index in [2.05, 4.69) is 17.1 Å². The Balaban J connectivity index is 2.19. The molecule has 2 rings (SSSR count). The predicted octanol–water partition coefficient (Wildman–Crippen LogP) is 3.26. The molecule has 0 saturated heterocycles. The second kappa shape index (κ2) is 3.67. The molecule has 0 aliphatic heterocycles. The topological polar surface area (TPSA) is 15.8 Å². The third-order valence-electron chi connectivity index (χ3n) is 1.95. The number of nitrogens with one attached hydrogen (secondary N) is 1. The molecule has 66 valence electrons. The second-order valence-electron chi connectivity index (χ2n) is 3.00. The van der Waals surface area contributed by atoms with Crippen LogP contribution in [0.25, 0.3) is 0 Å². The van der Waals surface area contributed by atoms with E-state index in [0.717, 1.165) is 11.4 Å². The Hall–Kier alpha value is -1.21. The molecule has 0 unspecified atom stereocenters. The van der Waals surface area contributed by atoms with Crippen LogP contribution < -0.4 is 0 Å². The number of H-pyrrole nitrogens is 1. The monoisotopic (exact) mass is 191 g/mol. The van der Waals surface area contributed by atoms with Gasteiger partial charge in [-0.1, -0.05) is 23.7 Å². The van der Waals surface area contributed by atoms with Crippen LogP contribution in [0.3, 0.4) is 0 Å². The zero-order chi connectivity index (χ0) is 9.10. The summed E-state index contributed by atoms with van der Waals surface area (Å²) in [5.74, 6) is 0. The maximum atomic E-state index is 5.87. The van der Waals surface area contributed by atoms with Gasteiger partial charge >= 0.3 is 0 Å². The standard InChI is InChI=1S/C11H10ClN/c12-10-4-1-3-9(7-10)8-11-5-2-6-13-11/h1-7,13H,8H2. The highest BCUT2D eigenvalue weighted by Crippen LogP contribution is 2.13. The summed E-state index contributed by atoms with van der Waals surface area (Å²) < 4.78 is 0. The van der Waals surface area contributed by atoms with Crippen LogP contribution >= 0.6 is 11.6 Å². The molecule has 0 aliphatic carbocycles. The van der Waals surface area contributed by atoms with Crippen molar-refractivity contribution in [2.75, 3.05) is 0 Å². The van der Waals surface area contributed by atoms with E-state index >= 15 is 0 Å². The van der Waals surface area contributed by atoms with Crippen molar-refractivity contribution in [3.63, 3.8) is 0 Å². The molecule has 0 atom stereocenters. The van der Waals surface area contributed by atoms with Gasteiger partial charge in [-0.05, 0) is 29.8 Å². The van der Waals surface area contributed by atoms with Gasteiger partial charge < -0.3 is 4.98 Å². The van der Waals surface area contributed by atoms with E-state index in [1.54, 1.807) is 0 Å². The summed E-state index contributed by atoms with van der Waals surface area (Å²) in [5.41, 5.74) is 2.44. The molecule has 0 amide bonds. The van der Waals surface area contributed by atoms with Crippen LogP contribution in [0.5, 0.6) is 0 Å². The molecule has 0 bridgehead atoms. The highest BCUT2D eigenvalue weighted by atomic mass is 35.5. The molecule has 1 nitrogen and oxygen atoms in total. The van der Waals surface area contributed by atoms with Crippen LogP contribution in [0.4, 0.5) is 0 Å². The Morgan fingerprint density at radius 1 is 1.15 bits per heavy atom.